The Labute approximate surface area is 202 Å². The minimum absolute atomic E-state index is 0.0400. The molecule has 0 bridgehead atoms. The number of nitrogens with zero attached hydrogens (tertiary/aromatic N) is 4. The van der Waals surface area contributed by atoms with Gasteiger partial charge in [-0.3, -0.25) is 19.6 Å². The van der Waals surface area contributed by atoms with Crippen LogP contribution in [0.15, 0.2) is 55.1 Å². The van der Waals surface area contributed by atoms with Crippen LogP contribution in [-0.2, 0) is 4.79 Å². The van der Waals surface area contributed by atoms with Crippen LogP contribution in [0.3, 0.4) is 0 Å². The van der Waals surface area contributed by atoms with Crippen LogP contribution < -0.4 is 10.1 Å². The highest BCUT2D eigenvalue weighted by Crippen LogP contribution is 2.41. The van der Waals surface area contributed by atoms with Gasteiger partial charge in [0.2, 0.25) is 5.91 Å². The Bertz CT molecular complexity index is 1370. The van der Waals surface area contributed by atoms with Gasteiger partial charge in [-0.1, -0.05) is 0 Å². The van der Waals surface area contributed by atoms with Crippen LogP contribution in [0.5, 0.6) is 11.5 Å². The Morgan fingerprint density at radius 1 is 1.17 bits per heavy atom. The van der Waals surface area contributed by atoms with Crippen LogP contribution in [0.25, 0.3) is 22.3 Å². The summed E-state index contributed by atoms with van der Waals surface area (Å²) in [6.45, 7) is 4.71. The van der Waals surface area contributed by atoms with Gasteiger partial charge in [0.05, 0.1) is 24.1 Å². The molecule has 1 atom stereocenters. The predicted molar refractivity (Wildman–Crippen MR) is 131 cm³/mol. The number of carbonyl (C=O) groups is 2. The number of likely N-dealkylation sites (tertiary alicyclic amines) is 1. The molecular weight excluding hydrogens is 444 g/mol. The number of benzene rings is 1. The first-order chi connectivity index (χ1) is 17.0. The molecule has 1 saturated heterocycles. The number of ether oxygens (including phenoxy) is 1. The largest absolute Gasteiger partial charge is 0.455 e. The summed E-state index contributed by atoms with van der Waals surface area (Å²) in [6.07, 6.45) is 8.32. The van der Waals surface area contributed by atoms with E-state index >= 15 is 0 Å². The zero-order chi connectivity index (χ0) is 24.4. The second-order valence-corrected chi connectivity index (χ2v) is 8.46. The third-order valence-corrected chi connectivity index (χ3v) is 6.14. The maximum atomic E-state index is 12.3. The van der Waals surface area contributed by atoms with Crippen LogP contribution in [0.1, 0.15) is 48.8 Å². The highest BCUT2D eigenvalue weighted by Gasteiger charge is 2.31. The van der Waals surface area contributed by atoms with Crippen LogP contribution in [0, 0.1) is 0 Å². The second kappa shape index (κ2) is 9.54. The lowest BCUT2D eigenvalue weighted by atomic mass is 10.0. The highest BCUT2D eigenvalue weighted by molar-refractivity contribution is 5.92. The van der Waals surface area contributed by atoms with Crippen molar-refractivity contribution in [2.45, 2.75) is 32.7 Å². The predicted octanol–water partition coefficient (Wildman–Crippen LogP) is 4.25. The summed E-state index contributed by atoms with van der Waals surface area (Å²) in [7, 11) is 0. The van der Waals surface area contributed by atoms with Crippen LogP contribution in [0.4, 0.5) is 0 Å². The van der Waals surface area contributed by atoms with Gasteiger partial charge in [0.1, 0.15) is 22.9 Å². The summed E-state index contributed by atoms with van der Waals surface area (Å²) < 4.78 is 6.29. The first-order valence-corrected chi connectivity index (χ1v) is 11.7. The molecule has 0 radical (unpaired) electrons. The summed E-state index contributed by atoms with van der Waals surface area (Å²) in [5.74, 6) is 0.968. The van der Waals surface area contributed by atoms with Crippen molar-refractivity contribution in [3.63, 3.8) is 0 Å². The maximum absolute atomic E-state index is 12.3. The van der Waals surface area contributed by atoms with E-state index in [9.17, 15) is 9.59 Å². The molecule has 4 heterocycles. The van der Waals surface area contributed by atoms with E-state index in [1.165, 1.54) is 6.20 Å². The van der Waals surface area contributed by atoms with E-state index in [1.807, 2.05) is 30.0 Å². The minimum Gasteiger partial charge on any atom is -0.455 e. The fourth-order valence-corrected chi connectivity index (χ4v) is 4.52. The van der Waals surface area contributed by atoms with Crippen molar-refractivity contribution in [2.75, 3.05) is 13.1 Å². The van der Waals surface area contributed by atoms with Gasteiger partial charge >= 0.3 is 0 Å². The molecule has 35 heavy (non-hydrogen) atoms. The van der Waals surface area contributed by atoms with Gasteiger partial charge in [-0.05, 0) is 50.1 Å². The number of rotatable bonds is 6. The first kappa shape index (κ1) is 22.5. The van der Waals surface area contributed by atoms with Crippen LogP contribution >= 0.6 is 0 Å². The van der Waals surface area contributed by atoms with Gasteiger partial charge in [-0.15, -0.1) is 0 Å². The Morgan fingerprint density at radius 3 is 2.77 bits per heavy atom. The Morgan fingerprint density at radius 2 is 2.06 bits per heavy atom. The topological polar surface area (TPSA) is 113 Å². The SMILES string of the molecule is CCNC(=O)c1ccc(Oc2cc3cc(-c4cnccn4)[nH]c3cc2[C@H]2CCCN2C(C)=O)cn1. The highest BCUT2D eigenvalue weighted by atomic mass is 16.5. The van der Waals surface area contributed by atoms with Gasteiger partial charge in [-0.25, -0.2) is 4.98 Å². The molecule has 0 aliphatic carbocycles. The molecule has 1 aliphatic heterocycles. The number of fused-ring (bicyclic) bond motifs is 1. The molecule has 5 rings (SSSR count). The molecule has 9 nitrogen and oxygen atoms in total. The number of aromatic amines is 1. The average molecular weight is 471 g/mol. The molecule has 1 fully saturated rings. The summed E-state index contributed by atoms with van der Waals surface area (Å²) in [6, 6.07) is 9.30. The number of hydrogen-bond acceptors (Lipinski definition) is 6. The fraction of sp³-hybridized carbons (Fsp3) is 0.269. The van der Waals surface area contributed by atoms with Gasteiger partial charge in [0.25, 0.3) is 5.91 Å². The smallest absolute Gasteiger partial charge is 0.269 e. The van der Waals surface area contributed by atoms with Gasteiger partial charge in [0, 0.05) is 48.9 Å². The summed E-state index contributed by atoms with van der Waals surface area (Å²) in [4.78, 5) is 42.5. The van der Waals surface area contributed by atoms with Crippen molar-refractivity contribution in [1.82, 2.24) is 30.2 Å². The molecular formula is C26H26N6O3. The van der Waals surface area contributed by atoms with E-state index in [0.29, 0.717) is 23.7 Å². The molecule has 9 heteroatoms. The Hall–Kier alpha value is -4.27. The number of hydrogen-bond donors (Lipinski definition) is 2. The molecule has 0 unspecified atom stereocenters. The third-order valence-electron chi connectivity index (χ3n) is 6.14. The lowest BCUT2D eigenvalue weighted by Crippen LogP contribution is -2.28. The summed E-state index contributed by atoms with van der Waals surface area (Å²) in [5, 5.41) is 3.68. The number of aromatic nitrogens is 4. The van der Waals surface area contributed by atoms with E-state index in [4.69, 9.17) is 4.74 Å². The van der Waals surface area contributed by atoms with Crippen LogP contribution in [0.2, 0.25) is 0 Å². The zero-order valence-electron chi connectivity index (χ0n) is 19.6. The molecule has 0 spiro atoms. The molecule has 178 valence electrons. The summed E-state index contributed by atoms with van der Waals surface area (Å²) in [5.41, 5.74) is 3.76. The molecule has 2 N–H and O–H groups in total. The Balaban J connectivity index is 1.55. The molecule has 0 saturated carbocycles. The van der Waals surface area contributed by atoms with E-state index in [0.717, 1.165) is 47.2 Å². The molecule has 2 amide bonds. The monoisotopic (exact) mass is 470 g/mol. The van der Waals surface area contributed by atoms with E-state index in [1.54, 1.807) is 37.6 Å². The average Bonchev–Trinajstić information content (AvgIpc) is 3.52. The van der Waals surface area contributed by atoms with Crippen molar-refractivity contribution < 1.29 is 14.3 Å². The number of pyridine rings is 1. The lowest BCUT2D eigenvalue weighted by Gasteiger charge is -2.25. The Kier molecular flexibility index (Phi) is 6.13. The fourth-order valence-electron chi connectivity index (χ4n) is 4.52. The number of H-pyrrole nitrogens is 1. The van der Waals surface area contributed by atoms with Gasteiger partial charge in [0.15, 0.2) is 0 Å². The molecule has 1 aromatic carbocycles. The second-order valence-electron chi connectivity index (χ2n) is 8.46. The van der Waals surface area contributed by atoms with E-state index < -0.39 is 0 Å². The van der Waals surface area contributed by atoms with Crippen molar-refractivity contribution in [3.8, 4) is 22.9 Å². The first-order valence-electron chi connectivity index (χ1n) is 11.7. The normalized spacial score (nSPS) is 15.4. The number of carbonyl (C=O) groups excluding carboxylic acids is 2. The third kappa shape index (κ3) is 4.57. The number of nitrogens with one attached hydrogen (secondary N) is 2. The standard InChI is InChI=1S/C26H26N6O3/c1-3-28-26(34)20-7-6-18(14-30-20)35-25-12-17-11-22(23-15-27-8-9-29-23)31-21(17)13-19(25)24-5-4-10-32(24)16(2)33/h6-9,11-15,24,31H,3-5,10H2,1-2H3,(H,28,34)/t24-/m1/s1. The van der Waals surface area contributed by atoms with E-state index in [-0.39, 0.29) is 17.9 Å². The minimum atomic E-state index is -0.229. The molecule has 4 aromatic rings. The zero-order valence-corrected chi connectivity index (χ0v) is 19.6. The van der Waals surface area contributed by atoms with Gasteiger partial charge < -0.3 is 19.9 Å². The van der Waals surface area contributed by atoms with Gasteiger partial charge in [-0.2, -0.15) is 0 Å². The quantitative estimate of drug-likeness (QED) is 0.436. The van der Waals surface area contributed by atoms with Crippen molar-refractivity contribution in [3.05, 3.63) is 66.4 Å². The number of amides is 2. The van der Waals surface area contributed by atoms with Crippen LogP contribution in [-0.4, -0.2) is 49.7 Å². The molecule has 1 aliphatic rings. The van der Waals surface area contributed by atoms with Crippen molar-refractivity contribution in [1.29, 1.82) is 0 Å². The van der Waals surface area contributed by atoms with E-state index in [2.05, 4.69) is 25.3 Å². The molecule has 3 aromatic heterocycles. The lowest BCUT2D eigenvalue weighted by molar-refractivity contribution is -0.129. The van der Waals surface area contributed by atoms with Crippen molar-refractivity contribution >= 4 is 22.7 Å². The summed E-state index contributed by atoms with van der Waals surface area (Å²) >= 11 is 0. The van der Waals surface area contributed by atoms with Crippen molar-refractivity contribution in [2.24, 2.45) is 0 Å². The maximum Gasteiger partial charge on any atom is 0.269 e.